The first-order chi connectivity index (χ1) is 9.95. The highest BCUT2D eigenvalue weighted by atomic mass is 35.5. The van der Waals surface area contributed by atoms with Gasteiger partial charge in [0, 0.05) is 16.5 Å². The molecule has 112 valence electrons. The molecule has 0 saturated heterocycles. The molecule has 1 aromatic heterocycles. The van der Waals surface area contributed by atoms with Gasteiger partial charge >= 0.3 is 0 Å². The number of aryl methyl sites for hydroxylation is 1. The van der Waals surface area contributed by atoms with E-state index in [-0.39, 0.29) is 6.04 Å². The zero-order chi connectivity index (χ0) is 15.1. The van der Waals surface area contributed by atoms with Crippen molar-refractivity contribution in [2.75, 3.05) is 7.05 Å². The molecule has 21 heavy (non-hydrogen) atoms. The zero-order valence-corrected chi connectivity index (χ0v) is 13.2. The van der Waals surface area contributed by atoms with Crippen LogP contribution < -0.4 is 0 Å². The van der Waals surface area contributed by atoms with Crippen LogP contribution in [0.4, 0.5) is 0 Å². The van der Waals surface area contributed by atoms with E-state index in [0.717, 1.165) is 11.1 Å². The van der Waals surface area contributed by atoms with Crippen LogP contribution in [0, 0.1) is 6.92 Å². The van der Waals surface area contributed by atoms with E-state index >= 15 is 0 Å². The largest absolute Gasteiger partial charge is 0.391 e. The molecule has 1 aliphatic carbocycles. The molecule has 2 aromatic rings. The van der Waals surface area contributed by atoms with Crippen LogP contribution in [0.25, 0.3) is 0 Å². The van der Waals surface area contributed by atoms with E-state index in [2.05, 4.69) is 10.1 Å². The lowest BCUT2D eigenvalue weighted by Crippen LogP contribution is -2.30. The van der Waals surface area contributed by atoms with Gasteiger partial charge in [0.15, 0.2) is 5.82 Å². The Morgan fingerprint density at radius 1 is 1.43 bits per heavy atom. The number of aliphatic hydroxyl groups excluding tert-OH is 1. The van der Waals surface area contributed by atoms with E-state index in [4.69, 9.17) is 27.7 Å². The van der Waals surface area contributed by atoms with Gasteiger partial charge < -0.3 is 9.63 Å². The van der Waals surface area contributed by atoms with Crippen molar-refractivity contribution in [3.05, 3.63) is 45.0 Å². The number of fused-ring (bicyclic) bond motifs is 1. The zero-order valence-electron chi connectivity index (χ0n) is 11.7. The van der Waals surface area contributed by atoms with Crippen LogP contribution in [0.3, 0.4) is 0 Å². The maximum atomic E-state index is 10.4. The predicted molar refractivity (Wildman–Crippen MR) is 79.4 cm³/mol. The normalized spacial score (nSPS) is 21.0. The van der Waals surface area contributed by atoms with Gasteiger partial charge in [-0.15, -0.1) is 0 Å². The summed E-state index contributed by atoms with van der Waals surface area (Å²) in [6.45, 7) is 2.22. The van der Waals surface area contributed by atoms with Crippen molar-refractivity contribution in [2.24, 2.45) is 0 Å². The first-order valence-corrected chi connectivity index (χ1v) is 7.36. The molecule has 0 fully saturated rings. The Bertz CT molecular complexity index is 674. The second-order valence-corrected chi connectivity index (χ2v) is 6.17. The molecule has 5 nitrogen and oxygen atoms in total. The molecule has 0 aliphatic heterocycles. The number of hydrogen-bond acceptors (Lipinski definition) is 5. The minimum absolute atomic E-state index is 0.191. The predicted octanol–water partition coefficient (Wildman–Crippen LogP) is 2.77. The number of hydrogen-bond donors (Lipinski definition) is 1. The molecule has 2 atom stereocenters. The number of benzene rings is 1. The van der Waals surface area contributed by atoms with Crippen molar-refractivity contribution < 1.29 is 9.63 Å². The van der Waals surface area contributed by atoms with Crippen molar-refractivity contribution in [1.29, 1.82) is 0 Å². The van der Waals surface area contributed by atoms with Crippen molar-refractivity contribution in [2.45, 2.75) is 32.0 Å². The molecule has 0 saturated carbocycles. The van der Waals surface area contributed by atoms with Gasteiger partial charge in [0.1, 0.15) is 0 Å². The van der Waals surface area contributed by atoms with E-state index in [1.807, 2.05) is 18.0 Å². The Morgan fingerprint density at radius 2 is 2.19 bits per heavy atom. The lowest BCUT2D eigenvalue weighted by atomic mass is 10.1. The number of rotatable bonds is 3. The van der Waals surface area contributed by atoms with Crippen molar-refractivity contribution in [3.63, 3.8) is 0 Å². The van der Waals surface area contributed by atoms with Crippen LogP contribution >= 0.6 is 23.2 Å². The highest BCUT2D eigenvalue weighted by Crippen LogP contribution is 2.41. The molecule has 0 amide bonds. The van der Waals surface area contributed by atoms with Crippen LogP contribution in [0.5, 0.6) is 0 Å². The van der Waals surface area contributed by atoms with E-state index < -0.39 is 6.10 Å². The van der Waals surface area contributed by atoms with Crippen LogP contribution in [0.2, 0.25) is 10.0 Å². The van der Waals surface area contributed by atoms with E-state index in [1.165, 1.54) is 0 Å². The fourth-order valence-electron chi connectivity index (χ4n) is 2.88. The standard InChI is InChI=1S/C14H15Cl2N3O2/c1-7-17-13(21-18-7)6-19(2)14-10-3-8(15)4-11(16)9(10)5-12(14)20/h3-4,12,14,20H,5-6H2,1-2H3/t12-,14+/m1/s1. The Kier molecular flexibility index (Phi) is 3.92. The number of likely N-dealkylation sites (N-methyl/N-ethyl adjacent to an activating group) is 1. The maximum Gasteiger partial charge on any atom is 0.240 e. The maximum absolute atomic E-state index is 10.4. The summed E-state index contributed by atoms with van der Waals surface area (Å²) in [5.74, 6) is 1.11. The molecule has 0 unspecified atom stereocenters. The molecular weight excluding hydrogens is 313 g/mol. The SMILES string of the molecule is Cc1noc(CN(C)[C@H]2c3cc(Cl)cc(Cl)c3C[C@H]2O)n1. The summed E-state index contributed by atoms with van der Waals surface area (Å²) in [7, 11) is 1.90. The van der Waals surface area contributed by atoms with E-state index in [1.54, 1.807) is 13.0 Å². The molecular formula is C14H15Cl2N3O2. The van der Waals surface area contributed by atoms with Gasteiger partial charge in [0.2, 0.25) is 5.89 Å². The molecule has 1 N–H and O–H groups in total. The molecule has 1 aromatic carbocycles. The summed E-state index contributed by atoms with van der Waals surface area (Å²) in [6, 6.07) is 3.38. The first-order valence-electron chi connectivity index (χ1n) is 6.61. The number of halogens is 2. The summed E-state index contributed by atoms with van der Waals surface area (Å²) in [5.41, 5.74) is 1.91. The molecule has 1 heterocycles. The van der Waals surface area contributed by atoms with Gasteiger partial charge in [-0.3, -0.25) is 4.90 Å². The monoisotopic (exact) mass is 327 g/mol. The minimum atomic E-state index is -0.537. The Labute approximate surface area is 132 Å². The quantitative estimate of drug-likeness (QED) is 0.939. The second kappa shape index (κ2) is 5.57. The first kappa shape index (κ1) is 14.8. The summed E-state index contributed by atoms with van der Waals surface area (Å²) in [5, 5.41) is 15.3. The fraction of sp³-hybridized carbons (Fsp3) is 0.429. The average Bonchev–Trinajstić information content (AvgIpc) is 2.92. The third-order valence-corrected chi connectivity index (χ3v) is 4.28. The molecule has 7 heteroatoms. The summed E-state index contributed by atoms with van der Waals surface area (Å²) in [4.78, 5) is 6.15. The van der Waals surface area contributed by atoms with E-state index in [9.17, 15) is 5.11 Å². The topological polar surface area (TPSA) is 62.4 Å². The smallest absolute Gasteiger partial charge is 0.240 e. The Balaban J connectivity index is 1.89. The number of aliphatic hydroxyl groups is 1. The van der Waals surface area contributed by atoms with Crippen LogP contribution in [0.15, 0.2) is 16.7 Å². The summed E-state index contributed by atoms with van der Waals surface area (Å²) in [6.07, 6.45) is -0.0200. The molecule has 0 bridgehead atoms. The summed E-state index contributed by atoms with van der Waals surface area (Å²) < 4.78 is 5.13. The molecule has 0 spiro atoms. The van der Waals surface area contributed by atoms with Gasteiger partial charge in [-0.25, -0.2) is 0 Å². The lowest BCUT2D eigenvalue weighted by molar-refractivity contribution is 0.0667. The van der Waals surface area contributed by atoms with Crippen molar-refractivity contribution >= 4 is 23.2 Å². The van der Waals surface area contributed by atoms with Gasteiger partial charge in [-0.05, 0) is 37.2 Å². The van der Waals surface area contributed by atoms with Gasteiger partial charge in [0.25, 0.3) is 0 Å². The van der Waals surface area contributed by atoms with E-state index in [0.29, 0.717) is 34.7 Å². The van der Waals surface area contributed by atoms with Crippen molar-refractivity contribution in [3.8, 4) is 0 Å². The molecule has 0 radical (unpaired) electrons. The summed E-state index contributed by atoms with van der Waals surface area (Å²) >= 11 is 12.3. The van der Waals surface area contributed by atoms with Crippen LogP contribution in [0.1, 0.15) is 28.9 Å². The minimum Gasteiger partial charge on any atom is -0.391 e. The average molecular weight is 328 g/mol. The second-order valence-electron chi connectivity index (χ2n) is 5.32. The lowest BCUT2D eigenvalue weighted by Gasteiger charge is -2.26. The highest BCUT2D eigenvalue weighted by Gasteiger charge is 2.36. The molecule has 1 aliphatic rings. The van der Waals surface area contributed by atoms with Crippen LogP contribution in [-0.2, 0) is 13.0 Å². The van der Waals surface area contributed by atoms with Gasteiger partial charge in [-0.2, -0.15) is 4.98 Å². The third-order valence-electron chi connectivity index (χ3n) is 3.72. The fourth-order valence-corrected chi connectivity index (χ4v) is 3.46. The van der Waals surface area contributed by atoms with Gasteiger partial charge in [0.05, 0.1) is 18.7 Å². The third kappa shape index (κ3) is 2.79. The molecule has 3 rings (SSSR count). The Morgan fingerprint density at radius 3 is 2.86 bits per heavy atom. The Hall–Kier alpha value is -1.14. The number of nitrogens with zero attached hydrogens (tertiary/aromatic N) is 3. The van der Waals surface area contributed by atoms with Crippen LogP contribution in [-0.4, -0.2) is 33.3 Å². The highest BCUT2D eigenvalue weighted by molar-refractivity contribution is 6.35. The van der Waals surface area contributed by atoms with Gasteiger partial charge in [-0.1, -0.05) is 28.4 Å². The van der Waals surface area contributed by atoms with Crippen molar-refractivity contribution in [1.82, 2.24) is 15.0 Å². The number of aromatic nitrogens is 2.